The predicted octanol–water partition coefficient (Wildman–Crippen LogP) is 4.69. The summed E-state index contributed by atoms with van der Waals surface area (Å²) in [4.78, 5) is 12.7. The number of rotatable bonds is 3. The van der Waals surface area contributed by atoms with Crippen LogP contribution in [0.25, 0.3) is 16.5 Å². The molecule has 19 heavy (non-hydrogen) atoms. The Hall–Kier alpha value is -1.83. The summed E-state index contributed by atoms with van der Waals surface area (Å²) in [6, 6.07) is 7.44. The number of hydrogen-bond donors (Lipinski definition) is 0. The molecule has 0 N–H and O–H groups in total. The molecule has 0 fully saturated rings. The minimum Gasteiger partial charge on any atom is -0.460 e. The van der Waals surface area contributed by atoms with E-state index in [0.29, 0.717) is 16.7 Å². The van der Waals surface area contributed by atoms with Gasteiger partial charge in [0.2, 0.25) is 0 Å². The van der Waals surface area contributed by atoms with Crippen molar-refractivity contribution in [2.75, 3.05) is 0 Å². The quantitative estimate of drug-likeness (QED) is 0.797. The highest BCUT2D eigenvalue weighted by atomic mass is 16.3. The van der Waals surface area contributed by atoms with E-state index in [1.54, 1.807) is 0 Å². The van der Waals surface area contributed by atoms with Gasteiger partial charge in [0.05, 0.1) is 10.9 Å². The molecule has 0 bridgehead atoms. The Balaban J connectivity index is 2.85. The summed E-state index contributed by atoms with van der Waals surface area (Å²) in [6.07, 6.45) is 1.80. The molecule has 0 atom stereocenters. The molecule has 1 aromatic carbocycles. The van der Waals surface area contributed by atoms with Crippen LogP contribution in [-0.4, -0.2) is 0 Å². The molecule has 0 saturated heterocycles. The normalized spacial score (nSPS) is 12.6. The van der Waals surface area contributed by atoms with Crippen LogP contribution in [0.1, 0.15) is 44.9 Å². The van der Waals surface area contributed by atoms with Gasteiger partial charge in [-0.1, -0.05) is 31.6 Å². The van der Waals surface area contributed by atoms with E-state index in [9.17, 15) is 4.79 Å². The largest absolute Gasteiger partial charge is 0.460 e. The number of allylic oxidation sites excluding steroid dienone is 2. The maximum Gasteiger partial charge on any atom is 0.200 e. The van der Waals surface area contributed by atoms with Gasteiger partial charge < -0.3 is 4.42 Å². The molecule has 2 aromatic rings. The minimum atomic E-state index is 0.0870. The van der Waals surface area contributed by atoms with Gasteiger partial charge in [-0.25, -0.2) is 0 Å². The molecule has 0 spiro atoms. The molecule has 0 amide bonds. The van der Waals surface area contributed by atoms with Crippen molar-refractivity contribution in [3.05, 3.63) is 51.4 Å². The summed E-state index contributed by atoms with van der Waals surface area (Å²) in [6.45, 7) is 8.17. The van der Waals surface area contributed by atoms with Crippen molar-refractivity contribution in [2.24, 2.45) is 0 Å². The van der Waals surface area contributed by atoms with E-state index in [1.807, 2.05) is 31.2 Å². The third-order valence-corrected chi connectivity index (χ3v) is 3.67. The molecule has 0 saturated carbocycles. The van der Waals surface area contributed by atoms with E-state index in [4.69, 9.17) is 4.42 Å². The fourth-order valence-corrected chi connectivity index (χ4v) is 2.51. The predicted molar refractivity (Wildman–Crippen MR) is 80.4 cm³/mol. The second kappa shape index (κ2) is 5.43. The van der Waals surface area contributed by atoms with Gasteiger partial charge in [-0.05, 0) is 44.4 Å². The van der Waals surface area contributed by atoms with Crippen molar-refractivity contribution < 1.29 is 4.42 Å². The van der Waals surface area contributed by atoms with Gasteiger partial charge in [0.15, 0.2) is 5.43 Å². The summed E-state index contributed by atoms with van der Waals surface area (Å²) in [5.41, 5.74) is 3.88. The lowest BCUT2D eigenvalue weighted by Crippen LogP contribution is -2.11. The first-order valence-electron chi connectivity index (χ1n) is 6.81. The van der Waals surface area contributed by atoms with Crippen LogP contribution in [0.4, 0.5) is 0 Å². The van der Waals surface area contributed by atoms with E-state index in [-0.39, 0.29) is 5.43 Å². The van der Waals surface area contributed by atoms with Gasteiger partial charge in [0, 0.05) is 0 Å². The van der Waals surface area contributed by atoms with Crippen LogP contribution in [0, 0.1) is 6.92 Å². The smallest absolute Gasteiger partial charge is 0.200 e. The molecule has 0 aliphatic carbocycles. The summed E-state index contributed by atoms with van der Waals surface area (Å²) in [5.74, 6) is 0.716. The topological polar surface area (TPSA) is 30.2 Å². The van der Waals surface area contributed by atoms with Gasteiger partial charge >= 0.3 is 0 Å². The Labute approximate surface area is 113 Å². The van der Waals surface area contributed by atoms with Crippen molar-refractivity contribution >= 4 is 16.5 Å². The second-order valence-electron chi connectivity index (χ2n) is 4.82. The highest BCUT2D eigenvalue weighted by Crippen LogP contribution is 2.26. The third-order valence-electron chi connectivity index (χ3n) is 3.67. The fraction of sp³-hybridized carbons (Fsp3) is 0.353. The van der Waals surface area contributed by atoms with Gasteiger partial charge in [-0.3, -0.25) is 4.79 Å². The van der Waals surface area contributed by atoms with E-state index in [0.717, 1.165) is 24.0 Å². The second-order valence-corrected chi connectivity index (χ2v) is 4.82. The van der Waals surface area contributed by atoms with E-state index >= 15 is 0 Å². The molecular formula is C17H20O2. The summed E-state index contributed by atoms with van der Waals surface area (Å²) in [5, 5.41) is 0.665. The standard InChI is InChI=1S/C17H20O2/c1-5-11(3)13(6-2)16-12(4)19-15-10-8-7-9-14(15)17(16)18/h7-10H,5-6H2,1-4H3/b13-11+. The zero-order valence-corrected chi connectivity index (χ0v) is 12.0. The lowest BCUT2D eigenvalue weighted by Gasteiger charge is -2.12. The van der Waals surface area contributed by atoms with Crippen LogP contribution in [-0.2, 0) is 0 Å². The first kappa shape index (κ1) is 13.6. The Bertz CT molecular complexity index is 690. The molecule has 1 aromatic heterocycles. The number of hydrogen-bond acceptors (Lipinski definition) is 2. The number of benzene rings is 1. The number of para-hydroxylation sites is 1. The fourth-order valence-electron chi connectivity index (χ4n) is 2.51. The summed E-state index contributed by atoms with van der Waals surface area (Å²) < 4.78 is 5.82. The minimum absolute atomic E-state index is 0.0870. The van der Waals surface area contributed by atoms with Crippen LogP contribution in [0.5, 0.6) is 0 Å². The average Bonchev–Trinajstić information content (AvgIpc) is 2.42. The summed E-state index contributed by atoms with van der Waals surface area (Å²) >= 11 is 0. The first-order chi connectivity index (χ1) is 9.10. The molecule has 0 radical (unpaired) electrons. The monoisotopic (exact) mass is 256 g/mol. The molecule has 2 rings (SSSR count). The van der Waals surface area contributed by atoms with Crippen molar-refractivity contribution in [3.8, 4) is 0 Å². The maximum absolute atomic E-state index is 12.7. The number of fused-ring (bicyclic) bond motifs is 1. The average molecular weight is 256 g/mol. The van der Waals surface area contributed by atoms with Crippen molar-refractivity contribution in [1.82, 2.24) is 0 Å². The van der Waals surface area contributed by atoms with Crippen molar-refractivity contribution in [2.45, 2.75) is 40.5 Å². The first-order valence-corrected chi connectivity index (χ1v) is 6.81. The number of aryl methyl sites for hydroxylation is 1. The van der Waals surface area contributed by atoms with Gasteiger partial charge in [0.1, 0.15) is 11.3 Å². The molecule has 100 valence electrons. The lowest BCUT2D eigenvalue weighted by molar-refractivity contribution is 0.561. The van der Waals surface area contributed by atoms with Crippen LogP contribution < -0.4 is 5.43 Å². The van der Waals surface area contributed by atoms with Crippen LogP contribution in [0.3, 0.4) is 0 Å². The third kappa shape index (κ3) is 2.35. The Morgan fingerprint density at radius 2 is 1.84 bits per heavy atom. The van der Waals surface area contributed by atoms with E-state index in [1.165, 1.54) is 5.57 Å². The molecular weight excluding hydrogens is 236 g/mol. The van der Waals surface area contributed by atoms with E-state index in [2.05, 4.69) is 20.8 Å². The molecule has 0 aliphatic heterocycles. The van der Waals surface area contributed by atoms with Crippen LogP contribution >= 0.6 is 0 Å². The Morgan fingerprint density at radius 1 is 1.16 bits per heavy atom. The SMILES string of the molecule is CC/C(C)=C(\CC)c1c(C)oc2ccccc2c1=O. The summed E-state index contributed by atoms with van der Waals surface area (Å²) in [7, 11) is 0. The highest BCUT2D eigenvalue weighted by Gasteiger charge is 2.15. The molecule has 0 aliphatic rings. The van der Waals surface area contributed by atoms with Crippen LogP contribution in [0.2, 0.25) is 0 Å². The van der Waals surface area contributed by atoms with Crippen LogP contribution in [0.15, 0.2) is 39.1 Å². The Morgan fingerprint density at radius 3 is 2.47 bits per heavy atom. The molecule has 2 heteroatoms. The zero-order valence-electron chi connectivity index (χ0n) is 12.0. The van der Waals surface area contributed by atoms with Gasteiger partial charge in [0.25, 0.3) is 0 Å². The van der Waals surface area contributed by atoms with Gasteiger partial charge in [-0.15, -0.1) is 0 Å². The molecule has 1 heterocycles. The van der Waals surface area contributed by atoms with E-state index < -0.39 is 0 Å². The van der Waals surface area contributed by atoms with Crippen molar-refractivity contribution in [1.29, 1.82) is 0 Å². The highest BCUT2D eigenvalue weighted by molar-refractivity contribution is 5.82. The van der Waals surface area contributed by atoms with Crippen molar-refractivity contribution in [3.63, 3.8) is 0 Å². The zero-order chi connectivity index (χ0) is 14.0. The van der Waals surface area contributed by atoms with Gasteiger partial charge in [-0.2, -0.15) is 0 Å². The Kier molecular flexibility index (Phi) is 3.89. The lowest BCUT2D eigenvalue weighted by atomic mass is 9.95. The molecule has 2 nitrogen and oxygen atoms in total. The molecule has 0 unspecified atom stereocenters. The maximum atomic E-state index is 12.7.